The summed E-state index contributed by atoms with van der Waals surface area (Å²) in [6.07, 6.45) is 1.00. The van der Waals surface area contributed by atoms with Gasteiger partial charge in [-0.15, -0.1) is 0 Å². The fourth-order valence-electron chi connectivity index (χ4n) is 2.36. The van der Waals surface area contributed by atoms with E-state index in [0.717, 1.165) is 22.8 Å². The van der Waals surface area contributed by atoms with Crippen LogP contribution in [0.4, 0.5) is 4.39 Å². The summed E-state index contributed by atoms with van der Waals surface area (Å²) in [6, 6.07) is 13.3. The second-order valence-electron chi connectivity index (χ2n) is 5.19. The average Bonchev–Trinajstić information content (AvgIpc) is 2.56. The van der Waals surface area contributed by atoms with Crippen molar-refractivity contribution in [3.05, 3.63) is 71.4 Å². The molecule has 0 bridgehead atoms. The molecule has 3 rings (SSSR count). The monoisotopic (exact) mass is 305 g/mol. The number of ketones is 1. The lowest BCUT2D eigenvalue weighted by Gasteiger charge is -2.08. The highest BCUT2D eigenvalue weighted by molar-refractivity contribution is 6.04. The van der Waals surface area contributed by atoms with E-state index in [1.165, 1.54) is 12.1 Å². The maximum atomic E-state index is 12.9. The number of benzene rings is 1. The zero-order chi connectivity index (χ0) is 16.4. The third-order valence-corrected chi connectivity index (χ3v) is 3.55. The van der Waals surface area contributed by atoms with Gasteiger partial charge in [-0.05, 0) is 43.3 Å². The van der Waals surface area contributed by atoms with Crippen LogP contribution in [0.2, 0.25) is 0 Å². The van der Waals surface area contributed by atoms with E-state index in [2.05, 4.69) is 9.97 Å². The molecule has 0 saturated carbocycles. The molecule has 0 amide bonds. The molecule has 23 heavy (non-hydrogen) atoms. The van der Waals surface area contributed by atoms with Gasteiger partial charge in [-0.1, -0.05) is 6.07 Å². The van der Waals surface area contributed by atoms with Gasteiger partial charge < -0.3 is 0 Å². The number of aromatic nitrogens is 2. The van der Waals surface area contributed by atoms with E-state index in [-0.39, 0.29) is 11.5 Å². The number of pyridine rings is 2. The third kappa shape index (κ3) is 2.92. The molecule has 112 valence electrons. The van der Waals surface area contributed by atoms with E-state index in [1.54, 1.807) is 18.2 Å². The molecule has 0 spiro atoms. The average molecular weight is 305 g/mol. The van der Waals surface area contributed by atoms with Crippen molar-refractivity contribution in [2.75, 3.05) is 0 Å². The molecular weight excluding hydrogens is 293 g/mol. The maximum Gasteiger partial charge on any atom is 0.186 e. The minimum atomic E-state index is -1.06. The molecular formula is C18H12FN3O. The smallest absolute Gasteiger partial charge is 0.186 e. The molecule has 1 atom stereocenters. The van der Waals surface area contributed by atoms with Gasteiger partial charge in [0.15, 0.2) is 11.7 Å². The number of carbonyl (C=O) groups is 1. The van der Waals surface area contributed by atoms with Crippen LogP contribution in [0, 0.1) is 24.1 Å². The normalized spacial score (nSPS) is 11.9. The molecule has 0 fully saturated rings. The molecule has 0 saturated heterocycles. The Kier molecular flexibility index (Phi) is 3.82. The van der Waals surface area contributed by atoms with Gasteiger partial charge in [0.25, 0.3) is 0 Å². The van der Waals surface area contributed by atoms with Crippen LogP contribution >= 0.6 is 0 Å². The van der Waals surface area contributed by atoms with Gasteiger partial charge in [-0.2, -0.15) is 5.26 Å². The number of hydrogen-bond donors (Lipinski definition) is 0. The number of carbonyl (C=O) groups excluding carboxylic acids is 1. The number of rotatable bonds is 3. The number of nitrogens with zero attached hydrogens (tertiary/aromatic N) is 3. The predicted octanol–water partition coefficient (Wildman–Crippen LogP) is 3.57. The van der Waals surface area contributed by atoms with Crippen LogP contribution in [0.25, 0.3) is 10.9 Å². The van der Waals surface area contributed by atoms with Crippen molar-refractivity contribution in [2.45, 2.75) is 12.8 Å². The maximum absolute atomic E-state index is 12.9. The van der Waals surface area contributed by atoms with Crippen LogP contribution < -0.4 is 0 Å². The minimum absolute atomic E-state index is 0.237. The van der Waals surface area contributed by atoms with E-state index in [4.69, 9.17) is 0 Å². The van der Waals surface area contributed by atoms with E-state index in [0.29, 0.717) is 5.56 Å². The van der Waals surface area contributed by atoms with Gasteiger partial charge >= 0.3 is 0 Å². The number of Topliss-reactive ketones (excluding diaryl/α,β-unsaturated/α-hetero) is 1. The van der Waals surface area contributed by atoms with E-state index < -0.39 is 11.7 Å². The standard InChI is InChI=1S/C18H12FN3O/c1-11-2-3-12-8-13(4-6-16(12)22-11)18(23)15(9-20)17-7-5-14(19)10-21-17/h2-8,10,15H,1H3/t15-/m1/s1. The van der Waals surface area contributed by atoms with Crippen molar-refractivity contribution in [2.24, 2.45) is 0 Å². The number of hydrogen-bond acceptors (Lipinski definition) is 4. The number of fused-ring (bicyclic) bond motifs is 1. The first-order chi connectivity index (χ1) is 11.1. The highest BCUT2D eigenvalue weighted by Crippen LogP contribution is 2.22. The minimum Gasteiger partial charge on any atom is -0.292 e. The number of nitriles is 1. The summed E-state index contributed by atoms with van der Waals surface area (Å²) in [6.45, 7) is 1.89. The SMILES string of the molecule is Cc1ccc2cc(C(=O)[C@H](C#N)c3ccc(F)cn3)ccc2n1. The number of aryl methyl sites for hydroxylation is 1. The summed E-state index contributed by atoms with van der Waals surface area (Å²) in [5.74, 6) is -1.94. The second kappa shape index (κ2) is 5.93. The molecule has 0 radical (unpaired) electrons. The second-order valence-corrected chi connectivity index (χ2v) is 5.19. The lowest BCUT2D eigenvalue weighted by Crippen LogP contribution is -2.12. The van der Waals surface area contributed by atoms with E-state index in [1.807, 2.05) is 25.1 Å². The number of halogens is 1. The van der Waals surface area contributed by atoms with Crippen LogP contribution in [0.1, 0.15) is 27.7 Å². The summed E-state index contributed by atoms with van der Waals surface area (Å²) < 4.78 is 12.9. The lowest BCUT2D eigenvalue weighted by atomic mass is 9.94. The van der Waals surface area contributed by atoms with Crippen molar-refractivity contribution in [1.82, 2.24) is 9.97 Å². The summed E-state index contributed by atoms with van der Waals surface area (Å²) >= 11 is 0. The highest BCUT2D eigenvalue weighted by Gasteiger charge is 2.23. The fraction of sp³-hybridized carbons (Fsp3) is 0.111. The summed E-state index contributed by atoms with van der Waals surface area (Å²) in [5.41, 5.74) is 2.32. The Morgan fingerprint density at radius 2 is 2.04 bits per heavy atom. The molecule has 1 aromatic carbocycles. The Hall–Kier alpha value is -3.13. The summed E-state index contributed by atoms with van der Waals surface area (Å²) in [7, 11) is 0. The van der Waals surface area contributed by atoms with Gasteiger partial charge in [0.2, 0.25) is 0 Å². The van der Waals surface area contributed by atoms with Crippen molar-refractivity contribution in [3.63, 3.8) is 0 Å². The Bertz CT molecular complexity index is 929. The first-order valence-corrected chi connectivity index (χ1v) is 7.01. The topological polar surface area (TPSA) is 66.6 Å². The van der Waals surface area contributed by atoms with Gasteiger partial charge in [0.1, 0.15) is 5.82 Å². The predicted molar refractivity (Wildman–Crippen MR) is 83.4 cm³/mol. The van der Waals surface area contributed by atoms with Crippen molar-refractivity contribution < 1.29 is 9.18 Å². The molecule has 0 N–H and O–H groups in total. The van der Waals surface area contributed by atoms with Crippen LogP contribution in [0.3, 0.4) is 0 Å². The van der Waals surface area contributed by atoms with Crippen LogP contribution in [-0.2, 0) is 0 Å². The van der Waals surface area contributed by atoms with E-state index in [9.17, 15) is 14.4 Å². The van der Waals surface area contributed by atoms with Crippen molar-refractivity contribution >= 4 is 16.7 Å². The van der Waals surface area contributed by atoms with Gasteiger partial charge in [0.05, 0.1) is 23.5 Å². The Balaban J connectivity index is 1.99. The molecule has 2 heterocycles. The molecule has 0 aliphatic carbocycles. The van der Waals surface area contributed by atoms with Crippen LogP contribution in [0.5, 0.6) is 0 Å². The van der Waals surface area contributed by atoms with Crippen LogP contribution in [-0.4, -0.2) is 15.8 Å². The zero-order valence-corrected chi connectivity index (χ0v) is 12.3. The molecule has 2 aromatic heterocycles. The van der Waals surface area contributed by atoms with Gasteiger partial charge in [-0.25, -0.2) is 4.39 Å². The molecule has 0 aliphatic heterocycles. The molecule has 0 aliphatic rings. The highest BCUT2D eigenvalue weighted by atomic mass is 19.1. The van der Waals surface area contributed by atoms with Gasteiger partial charge in [0, 0.05) is 16.6 Å². The first-order valence-electron chi connectivity index (χ1n) is 7.01. The van der Waals surface area contributed by atoms with E-state index >= 15 is 0 Å². The Morgan fingerprint density at radius 1 is 1.22 bits per heavy atom. The largest absolute Gasteiger partial charge is 0.292 e. The summed E-state index contributed by atoms with van der Waals surface area (Å²) in [5, 5.41) is 10.1. The molecule has 4 nitrogen and oxygen atoms in total. The quantitative estimate of drug-likeness (QED) is 0.694. The first kappa shape index (κ1) is 14.8. The van der Waals surface area contributed by atoms with Crippen LogP contribution in [0.15, 0.2) is 48.7 Å². The summed E-state index contributed by atoms with van der Waals surface area (Å²) in [4.78, 5) is 20.8. The Morgan fingerprint density at radius 3 is 2.74 bits per heavy atom. The molecule has 3 aromatic rings. The third-order valence-electron chi connectivity index (χ3n) is 3.55. The molecule has 0 unspecified atom stereocenters. The van der Waals surface area contributed by atoms with Gasteiger partial charge in [-0.3, -0.25) is 14.8 Å². The lowest BCUT2D eigenvalue weighted by molar-refractivity contribution is 0.0977. The fourth-order valence-corrected chi connectivity index (χ4v) is 2.36. The molecule has 5 heteroatoms. The zero-order valence-electron chi connectivity index (χ0n) is 12.3. The van der Waals surface area contributed by atoms with Crippen molar-refractivity contribution in [1.29, 1.82) is 5.26 Å². The van der Waals surface area contributed by atoms with Crippen molar-refractivity contribution in [3.8, 4) is 6.07 Å². The Labute approximate surface area is 132 Å².